The van der Waals surface area contributed by atoms with Gasteiger partial charge in [0.15, 0.2) is 0 Å². The summed E-state index contributed by atoms with van der Waals surface area (Å²) in [5.41, 5.74) is 5.07. The summed E-state index contributed by atoms with van der Waals surface area (Å²) in [5.74, 6) is 0. The SMILES string of the molecule is C=Cc1cc2c(nc1C)CCCC2. The fraction of sp³-hybridized carbons (Fsp3) is 0.417. The Hall–Kier alpha value is -1.11. The Balaban J connectivity index is 2.50. The number of aryl methyl sites for hydroxylation is 3. The molecule has 1 heterocycles. The fourth-order valence-electron chi connectivity index (χ4n) is 1.96. The van der Waals surface area contributed by atoms with Crippen LogP contribution in [0.2, 0.25) is 0 Å². The van der Waals surface area contributed by atoms with E-state index in [4.69, 9.17) is 0 Å². The summed E-state index contributed by atoms with van der Waals surface area (Å²) < 4.78 is 0. The largest absolute Gasteiger partial charge is 0.257 e. The van der Waals surface area contributed by atoms with Crippen LogP contribution in [0, 0.1) is 6.92 Å². The molecule has 1 nitrogen and oxygen atoms in total. The molecule has 0 atom stereocenters. The minimum atomic E-state index is 1.12. The van der Waals surface area contributed by atoms with Gasteiger partial charge in [-0.1, -0.05) is 12.7 Å². The molecule has 0 radical (unpaired) electrons. The summed E-state index contributed by atoms with van der Waals surface area (Å²) in [6.45, 7) is 5.86. The van der Waals surface area contributed by atoms with Crippen molar-refractivity contribution in [2.45, 2.75) is 32.6 Å². The van der Waals surface area contributed by atoms with Gasteiger partial charge in [0.1, 0.15) is 0 Å². The highest BCUT2D eigenvalue weighted by atomic mass is 14.7. The van der Waals surface area contributed by atoms with Gasteiger partial charge in [0.2, 0.25) is 0 Å². The molecule has 1 heteroatoms. The van der Waals surface area contributed by atoms with Gasteiger partial charge in [0.25, 0.3) is 0 Å². The lowest BCUT2D eigenvalue weighted by Crippen LogP contribution is -2.07. The van der Waals surface area contributed by atoms with E-state index in [-0.39, 0.29) is 0 Å². The van der Waals surface area contributed by atoms with E-state index in [1.165, 1.54) is 36.1 Å². The van der Waals surface area contributed by atoms with Crippen molar-refractivity contribution in [2.24, 2.45) is 0 Å². The third-order valence-corrected chi connectivity index (χ3v) is 2.75. The average molecular weight is 173 g/mol. The molecule has 1 aromatic rings. The van der Waals surface area contributed by atoms with Crippen molar-refractivity contribution >= 4 is 6.08 Å². The predicted molar refractivity (Wildman–Crippen MR) is 55.7 cm³/mol. The lowest BCUT2D eigenvalue weighted by Gasteiger charge is -2.16. The minimum absolute atomic E-state index is 1.12. The van der Waals surface area contributed by atoms with Crippen molar-refractivity contribution in [3.05, 3.63) is 35.2 Å². The molecule has 0 amide bonds. The Morgan fingerprint density at radius 3 is 2.92 bits per heavy atom. The first kappa shape index (κ1) is 8.49. The zero-order valence-corrected chi connectivity index (χ0v) is 8.14. The van der Waals surface area contributed by atoms with Gasteiger partial charge in [-0.15, -0.1) is 0 Å². The number of hydrogen-bond donors (Lipinski definition) is 0. The molecule has 68 valence electrons. The molecule has 1 aromatic heterocycles. The lowest BCUT2D eigenvalue weighted by atomic mass is 9.94. The predicted octanol–water partition coefficient (Wildman–Crippen LogP) is 2.91. The number of nitrogens with zero attached hydrogens (tertiary/aromatic N) is 1. The molecular formula is C12H15N. The quantitative estimate of drug-likeness (QED) is 0.636. The monoisotopic (exact) mass is 173 g/mol. The molecule has 0 fully saturated rings. The molecular weight excluding hydrogens is 158 g/mol. The number of rotatable bonds is 1. The van der Waals surface area contributed by atoms with Gasteiger partial charge in [-0.25, -0.2) is 0 Å². The summed E-state index contributed by atoms with van der Waals surface area (Å²) in [6, 6.07) is 2.25. The summed E-state index contributed by atoms with van der Waals surface area (Å²) in [6.07, 6.45) is 6.87. The second kappa shape index (κ2) is 3.33. The Morgan fingerprint density at radius 2 is 2.15 bits per heavy atom. The summed E-state index contributed by atoms with van der Waals surface area (Å²) >= 11 is 0. The van der Waals surface area contributed by atoms with Gasteiger partial charge in [-0.2, -0.15) is 0 Å². The second-order valence-electron chi connectivity index (χ2n) is 3.68. The Labute approximate surface area is 79.5 Å². The number of pyridine rings is 1. The van der Waals surface area contributed by atoms with E-state index < -0.39 is 0 Å². The maximum absolute atomic E-state index is 4.61. The highest BCUT2D eigenvalue weighted by molar-refractivity contribution is 5.51. The number of fused-ring (bicyclic) bond motifs is 1. The third kappa shape index (κ3) is 1.51. The molecule has 0 saturated carbocycles. The summed E-state index contributed by atoms with van der Waals surface area (Å²) in [4.78, 5) is 4.61. The molecule has 0 saturated heterocycles. The maximum atomic E-state index is 4.61. The Morgan fingerprint density at radius 1 is 1.38 bits per heavy atom. The van der Waals surface area contributed by atoms with Crippen LogP contribution in [0.25, 0.3) is 6.08 Å². The van der Waals surface area contributed by atoms with Crippen molar-refractivity contribution in [1.29, 1.82) is 0 Å². The first-order chi connectivity index (χ1) is 6.31. The van der Waals surface area contributed by atoms with Crippen LogP contribution in [0.4, 0.5) is 0 Å². The van der Waals surface area contributed by atoms with Gasteiger partial charge >= 0.3 is 0 Å². The van der Waals surface area contributed by atoms with Crippen LogP contribution in [0.5, 0.6) is 0 Å². The minimum Gasteiger partial charge on any atom is -0.257 e. The van der Waals surface area contributed by atoms with Crippen LogP contribution < -0.4 is 0 Å². The Kier molecular flexibility index (Phi) is 2.17. The topological polar surface area (TPSA) is 12.9 Å². The van der Waals surface area contributed by atoms with Crippen LogP contribution in [0.1, 0.15) is 35.4 Å². The summed E-state index contributed by atoms with van der Waals surface area (Å²) in [7, 11) is 0. The molecule has 0 unspecified atom stereocenters. The zero-order chi connectivity index (χ0) is 9.26. The van der Waals surface area contributed by atoms with Crippen molar-refractivity contribution in [3.63, 3.8) is 0 Å². The van der Waals surface area contributed by atoms with Crippen LogP contribution >= 0.6 is 0 Å². The van der Waals surface area contributed by atoms with E-state index in [1.54, 1.807) is 0 Å². The molecule has 0 bridgehead atoms. The van der Waals surface area contributed by atoms with Crippen LogP contribution in [-0.4, -0.2) is 4.98 Å². The van der Waals surface area contributed by atoms with Gasteiger partial charge < -0.3 is 0 Å². The molecule has 1 aliphatic carbocycles. The van der Waals surface area contributed by atoms with Crippen LogP contribution in [-0.2, 0) is 12.8 Å². The van der Waals surface area contributed by atoms with Gasteiger partial charge in [-0.3, -0.25) is 4.98 Å². The van der Waals surface area contributed by atoms with E-state index in [2.05, 4.69) is 24.6 Å². The highest BCUT2D eigenvalue weighted by Gasteiger charge is 2.11. The standard InChI is InChI=1S/C12H15N/c1-3-10-8-11-6-4-5-7-12(11)13-9(10)2/h3,8H,1,4-7H2,2H3. The van der Waals surface area contributed by atoms with E-state index >= 15 is 0 Å². The first-order valence-electron chi connectivity index (χ1n) is 4.93. The molecule has 2 rings (SSSR count). The van der Waals surface area contributed by atoms with Gasteiger partial charge in [0.05, 0.1) is 0 Å². The number of hydrogen-bond acceptors (Lipinski definition) is 1. The van der Waals surface area contributed by atoms with Crippen molar-refractivity contribution < 1.29 is 0 Å². The van der Waals surface area contributed by atoms with E-state index in [1.807, 2.05) is 6.08 Å². The van der Waals surface area contributed by atoms with Crippen LogP contribution in [0.3, 0.4) is 0 Å². The molecule has 1 aliphatic rings. The molecule has 0 spiro atoms. The third-order valence-electron chi connectivity index (χ3n) is 2.75. The first-order valence-corrected chi connectivity index (χ1v) is 4.93. The normalized spacial score (nSPS) is 15.2. The molecule has 0 aromatic carbocycles. The highest BCUT2D eigenvalue weighted by Crippen LogP contribution is 2.22. The lowest BCUT2D eigenvalue weighted by molar-refractivity contribution is 0.665. The van der Waals surface area contributed by atoms with Crippen molar-refractivity contribution in [2.75, 3.05) is 0 Å². The molecule has 0 aliphatic heterocycles. The average Bonchev–Trinajstić information content (AvgIpc) is 2.17. The van der Waals surface area contributed by atoms with Crippen LogP contribution in [0.15, 0.2) is 12.6 Å². The van der Waals surface area contributed by atoms with E-state index in [9.17, 15) is 0 Å². The van der Waals surface area contributed by atoms with E-state index in [0.717, 1.165) is 12.1 Å². The second-order valence-corrected chi connectivity index (χ2v) is 3.68. The smallest absolute Gasteiger partial charge is 0.0448 e. The van der Waals surface area contributed by atoms with Crippen molar-refractivity contribution in [3.8, 4) is 0 Å². The van der Waals surface area contributed by atoms with E-state index in [0.29, 0.717) is 0 Å². The van der Waals surface area contributed by atoms with Gasteiger partial charge in [0, 0.05) is 11.4 Å². The van der Waals surface area contributed by atoms with Crippen molar-refractivity contribution in [1.82, 2.24) is 4.98 Å². The maximum Gasteiger partial charge on any atom is 0.0448 e. The van der Waals surface area contributed by atoms with Gasteiger partial charge in [-0.05, 0) is 49.8 Å². The summed E-state index contributed by atoms with van der Waals surface area (Å²) in [5, 5.41) is 0. The fourth-order valence-corrected chi connectivity index (χ4v) is 1.96. The molecule has 13 heavy (non-hydrogen) atoms. The molecule has 0 N–H and O–H groups in total. The number of aromatic nitrogens is 1. The Bertz CT molecular complexity index is 339. The zero-order valence-electron chi connectivity index (χ0n) is 8.14.